The number of thiazole rings is 2. The van der Waals surface area contributed by atoms with Crippen LogP contribution in [0.3, 0.4) is 0 Å². The number of anilines is 1. The molecule has 0 saturated carbocycles. The number of nitrogens with zero attached hydrogens (tertiary/aromatic N) is 6. The van der Waals surface area contributed by atoms with Crippen molar-refractivity contribution in [2.24, 2.45) is 0 Å². The fraction of sp³-hybridized carbons (Fsp3) is 0.250. The van der Waals surface area contributed by atoms with Crippen molar-refractivity contribution in [3.63, 3.8) is 0 Å². The Morgan fingerprint density at radius 1 is 1.11 bits per heavy atom. The van der Waals surface area contributed by atoms with Gasteiger partial charge in [0.25, 0.3) is 17.3 Å². The topological polar surface area (TPSA) is 123 Å². The molecule has 5 heterocycles. The highest BCUT2D eigenvalue weighted by molar-refractivity contribution is 7.14. The Labute approximate surface area is 165 Å². The molecule has 0 bridgehead atoms. The number of H-pyrrole nitrogens is 1. The van der Waals surface area contributed by atoms with Crippen LogP contribution in [0, 0.1) is 0 Å². The third-order valence-corrected chi connectivity index (χ3v) is 5.76. The summed E-state index contributed by atoms with van der Waals surface area (Å²) in [4.78, 5) is 30.2. The Kier molecular flexibility index (Phi) is 4.43. The second-order valence-electron chi connectivity index (χ2n) is 5.84. The first-order chi connectivity index (χ1) is 13.8. The SMILES string of the molecule is O=c1[nH]c(-c2nccs2)ncc1-c1nnc(-c2csc(N3CCOCC3)n2)o1. The lowest BCUT2D eigenvalue weighted by atomic mass is 10.3. The number of ether oxygens (including phenoxy) is 1. The molecule has 28 heavy (non-hydrogen) atoms. The van der Waals surface area contributed by atoms with Gasteiger partial charge in [-0.05, 0) is 0 Å². The molecule has 0 radical (unpaired) electrons. The van der Waals surface area contributed by atoms with Gasteiger partial charge in [-0.1, -0.05) is 0 Å². The summed E-state index contributed by atoms with van der Waals surface area (Å²) >= 11 is 2.89. The lowest BCUT2D eigenvalue weighted by molar-refractivity contribution is 0.122. The maximum atomic E-state index is 12.4. The molecule has 1 saturated heterocycles. The quantitative estimate of drug-likeness (QED) is 0.532. The number of hydrogen-bond donors (Lipinski definition) is 1. The first-order valence-corrected chi connectivity index (χ1v) is 10.2. The first-order valence-electron chi connectivity index (χ1n) is 8.39. The van der Waals surface area contributed by atoms with E-state index in [2.05, 4.69) is 35.0 Å². The van der Waals surface area contributed by atoms with Crippen LogP contribution in [0.2, 0.25) is 0 Å². The van der Waals surface area contributed by atoms with Crippen molar-refractivity contribution in [3.05, 3.63) is 33.5 Å². The van der Waals surface area contributed by atoms with Crippen molar-refractivity contribution < 1.29 is 9.15 Å². The average Bonchev–Trinajstić information content (AvgIpc) is 3.49. The Hall–Kier alpha value is -2.96. The zero-order chi connectivity index (χ0) is 18.9. The number of aromatic nitrogens is 6. The molecule has 1 aliphatic rings. The molecular weight excluding hydrogens is 402 g/mol. The predicted molar refractivity (Wildman–Crippen MR) is 103 cm³/mol. The average molecular weight is 415 g/mol. The van der Waals surface area contributed by atoms with Crippen molar-refractivity contribution >= 4 is 27.8 Å². The lowest BCUT2D eigenvalue weighted by Gasteiger charge is -2.25. The van der Waals surface area contributed by atoms with Crippen molar-refractivity contribution in [1.29, 1.82) is 0 Å². The molecule has 10 nitrogen and oxygen atoms in total. The van der Waals surface area contributed by atoms with E-state index >= 15 is 0 Å². The van der Waals surface area contributed by atoms with Crippen molar-refractivity contribution in [2.45, 2.75) is 0 Å². The first kappa shape index (κ1) is 17.2. The lowest BCUT2D eigenvalue weighted by Crippen LogP contribution is -2.36. The summed E-state index contributed by atoms with van der Waals surface area (Å²) in [5.41, 5.74) is 0.402. The van der Waals surface area contributed by atoms with Gasteiger partial charge in [-0.3, -0.25) is 4.79 Å². The summed E-state index contributed by atoms with van der Waals surface area (Å²) in [6, 6.07) is 0. The summed E-state index contributed by atoms with van der Waals surface area (Å²) in [6.45, 7) is 2.97. The summed E-state index contributed by atoms with van der Waals surface area (Å²) < 4.78 is 11.0. The standard InChI is InChI=1S/C16H13N7O3S2/c24-12-9(7-18-11(20-12)15-17-1-6-27-15)13-21-22-14(26-13)10-8-28-16(19-10)23-2-4-25-5-3-23/h1,6-8H,2-5H2,(H,18,20,24). The summed E-state index contributed by atoms with van der Waals surface area (Å²) in [6.07, 6.45) is 3.06. The Bertz CT molecular complexity index is 1150. The van der Waals surface area contributed by atoms with Gasteiger partial charge >= 0.3 is 0 Å². The van der Waals surface area contributed by atoms with Crippen LogP contribution in [-0.4, -0.2) is 56.4 Å². The van der Waals surface area contributed by atoms with E-state index in [0.717, 1.165) is 18.2 Å². The molecule has 4 aromatic heterocycles. The van der Waals surface area contributed by atoms with Crippen LogP contribution < -0.4 is 10.5 Å². The molecule has 142 valence electrons. The van der Waals surface area contributed by atoms with E-state index in [0.29, 0.717) is 29.7 Å². The fourth-order valence-electron chi connectivity index (χ4n) is 2.69. The molecule has 1 N–H and O–H groups in total. The monoisotopic (exact) mass is 415 g/mol. The van der Waals surface area contributed by atoms with Crippen LogP contribution in [0.25, 0.3) is 33.9 Å². The molecule has 0 aromatic carbocycles. The Morgan fingerprint density at radius 3 is 2.75 bits per heavy atom. The van der Waals surface area contributed by atoms with Crippen molar-refractivity contribution in [1.82, 2.24) is 30.1 Å². The minimum atomic E-state index is -0.373. The molecule has 0 atom stereocenters. The summed E-state index contributed by atoms with van der Waals surface area (Å²) in [7, 11) is 0. The van der Waals surface area contributed by atoms with Crippen LogP contribution >= 0.6 is 22.7 Å². The summed E-state index contributed by atoms with van der Waals surface area (Å²) in [5.74, 6) is 0.752. The highest BCUT2D eigenvalue weighted by Crippen LogP contribution is 2.28. The normalized spacial score (nSPS) is 14.5. The predicted octanol–water partition coefficient (Wildman–Crippen LogP) is 1.90. The number of nitrogens with one attached hydrogen (secondary N) is 1. The van der Waals surface area contributed by atoms with Gasteiger partial charge in [0.05, 0.1) is 13.2 Å². The molecule has 4 aromatic rings. The minimum absolute atomic E-state index is 0.0929. The Morgan fingerprint density at radius 2 is 1.96 bits per heavy atom. The van der Waals surface area contributed by atoms with Crippen LogP contribution in [0.15, 0.2) is 32.4 Å². The van der Waals surface area contributed by atoms with Gasteiger partial charge in [-0.25, -0.2) is 15.0 Å². The van der Waals surface area contributed by atoms with Crippen LogP contribution in [0.4, 0.5) is 5.13 Å². The molecule has 12 heteroatoms. The zero-order valence-corrected chi connectivity index (χ0v) is 16.0. The van der Waals surface area contributed by atoms with Gasteiger partial charge in [-0.2, -0.15) is 0 Å². The van der Waals surface area contributed by atoms with E-state index in [9.17, 15) is 4.79 Å². The number of rotatable bonds is 4. The van der Waals surface area contributed by atoms with E-state index < -0.39 is 0 Å². The summed E-state index contributed by atoms with van der Waals surface area (Å²) in [5, 5.41) is 13.2. The largest absolute Gasteiger partial charge is 0.414 e. The molecule has 0 spiro atoms. The third-order valence-electron chi connectivity index (χ3n) is 4.08. The van der Waals surface area contributed by atoms with Gasteiger partial charge in [-0.15, -0.1) is 32.9 Å². The molecule has 0 unspecified atom stereocenters. The van der Waals surface area contributed by atoms with E-state index in [1.807, 2.05) is 10.8 Å². The number of aromatic amines is 1. The van der Waals surface area contributed by atoms with Gasteiger partial charge in [0, 0.05) is 36.2 Å². The van der Waals surface area contributed by atoms with Crippen molar-refractivity contribution in [3.8, 4) is 33.9 Å². The molecule has 0 amide bonds. The Balaban J connectivity index is 1.41. The zero-order valence-electron chi connectivity index (χ0n) is 14.4. The van der Waals surface area contributed by atoms with Gasteiger partial charge in [0.15, 0.2) is 16.0 Å². The number of morpholine rings is 1. The van der Waals surface area contributed by atoms with Crippen molar-refractivity contribution in [2.75, 3.05) is 31.2 Å². The second-order valence-corrected chi connectivity index (χ2v) is 7.57. The number of hydrogen-bond acceptors (Lipinski definition) is 11. The molecular formula is C16H13N7O3S2. The van der Waals surface area contributed by atoms with E-state index in [-0.39, 0.29) is 22.9 Å². The smallest absolute Gasteiger partial charge is 0.267 e. The highest BCUT2D eigenvalue weighted by Gasteiger charge is 2.19. The van der Waals surface area contributed by atoms with Crippen LogP contribution in [0.1, 0.15) is 0 Å². The van der Waals surface area contributed by atoms with Gasteiger partial charge in [0.1, 0.15) is 11.3 Å². The molecule has 1 aliphatic heterocycles. The van der Waals surface area contributed by atoms with E-state index in [4.69, 9.17) is 9.15 Å². The highest BCUT2D eigenvalue weighted by atomic mass is 32.1. The molecule has 0 aliphatic carbocycles. The third kappa shape index (κ3) is 3.21. The maximum Gasteiger partial charge on any atom is 0.267 e. The van der Waals surface area contributed by atoms with E-state index in [1.54, 1.807) is 6.20 Å². The molecule has 5 rings (SSSR count). The fourth-order valence-corrected chi connectivity index (χ4v) is 4.14. The minimum Gasteiger partial charge on any atom is -0.414 e. The second kappa shape index (κ2) is 7.22. The maximum absolute atomic E-state index is 12.4. The van der Waals surface area contributed by atoms with Gasteiger partial charge < -0.3 is 19.0 Å². The van der Waals surface area contributed by atoms with Gasteiger partial charge in [0.2, 0.25) is 0 Å². The van der Waals surface area contributed by atoms with E-state index in [1.165, 1.54) is 28.9 Å². The van der Waals surface area contributed by atoms with Crippen LogP contribution in [0.5, 0.6) is 0 Å². The molecule has 1 fully saturated rings. The van der Waals surface area contributed by atoms with Crippen LogP contribution in [-0.2, 0) is 4.74 Å².